The summed E-state index contributed by atoms with van der Waals surface area (Å²) in [7, 11) is 2.69. The first kappa shape index (κ1) is 37.4. The zero-order valence-electron chi connectivity index (χ0n) is 30.7. The highest BCUT2D eigenvalue weighted by molar-refractivity contribution is 5.92. The van der Waals surface area contributed by atoms with Crippen LogP contribution in [0, 0.1) is 13.8 Å². The van der Waals surface area contributed by atoms with Gasteiger partial charge < -0.3 is 41.4 Å². The first-order valence-electron chi connectivity index (χ1n) is 17.6. The number of alkyl carbamates (subject to hydrolysis) is 2. The van der Waals surface area contributed by atoms with Crippen molar-refractivity contribution in [2.24, 2.45) is 0 Å². The average molecular weight is 729 g/mol. The quantitative estimate of drug-likeness (QED) is 0.0658. The number of nitrogens with zero attached hydrogens (tertiary/aromatic N) is 4. The highest BCUT2D eigenvalue weighted by Gasteiger charge is 2.15. The Morgan fingerprint density at radius 3 is 1.46 bits per heavy atom. The molecule has 0 unspecified atom stereocenters. The van der Waals surface area contributed by atoms with Crippen LogP contribution in [0.4, 0.5) is 32.6 Å². The Morgan fingerprint density at radius 1 is 0.593 bits per heavy atom. The molecule has 54 heavy (non-hydrogen) atoms. The number of hydrogen-bond donors (Lipinski definition) is 6. The maximum atomic E-state index is 11.2. The first-order valence-corrected chi connectivity index (χ1v) is 17.6. The molecule has 0 aliphatic heterocycles. The zero-order chi connectivity index (χ0) is 37.9. The first-order chi connectivity index (χ1) is 26.3. The van der Waals surface area contributed by atoms with Gasteiger partial charge in [0.2, 0.25) is 0 Å². The Hall–Kier alpha value is -6.38. The van der Waals surface area contributed by atoms with Crippen LogP contribution in [0.2, 0.25) is 0 Å². The number of aromatic nitrogens is 4. The molecular weight excluding hydrogens is 685 g/mol. The molecule has 0 aliphatic carbocycles. The molecule has 0 spiro atoms. The fourth-order valence-corrected chi connectivity index (χ4v) is 6.08. The zero-order valence-corrected chi connectivity index (χ0v) is 30.7. The van der Waals surface area contributed by atoms with E-state index in [4.69, 9.17) is 9.97 Å². The van der Waals surface area contributed by atoms with Gasteiger partial charge in [0, 0.05) is 86.2 Å². The van der Waals surface area contributed by atoms with Crippen molar-refractivity contribution in [1.82, 2.24) is 41.2 Å². The third-order valence-electron chi connectivity index (χ3n) is 8.95. The molecule has 0 saturated heterocycles. The Labute approximate surface area is 313 Å². The summed E-state index contributed by atoms with van der Waals surface area (Å²) in [5.41, 5.74) is 9.78. The molecule has 2 amide bonds. The smallest absolute Gasteiger partial charge is 0.406 e. The van der Waals surface area contributed by atoms with Crippen molar-refractivity contribution in [3.63, 3.8) is 0 Å². The minimum atomic E-state index is -0.448. The van der Waals surface area contributed by atoms with Crippen LogP contribution in [0.5, 0.6) is 0 Å². The topological polar surface area (TPSA) is 176 Å². The largest absolute Gasteiger partial charge is 0.453 e. The summed E-state index contributed by atoms with van der Waals surface area (Å²) < 4.78 is 9.20. The number of hydrogen-bond acceptors (Lipinski definition) is 12. The van der Waals surface area contributed by atoms with Gasteiger partial charge in [-0.2, -0.15) is 0 Å². The molecular formula is C40H44N10O4. The normalized spacial score (nSPS) is 11.0. The van der Waals surface area contributed by atoms with Crippen molar-refractivity contribution in [3.05, 3.63) is 108 Å². The predicted molar refractivity (Wildman–Crippen MR) is 211 cm³/mol. The van der Waals surface area contributed by atoms with E-state index in [2.05, 4.69) is 89.5 Å². The van der Waals surface area contributed by atoms with E-state index in [-0.39, 0.29) is 0 Å². The minimum absolute atomic E-state index is 0.448. The van der Waals surface area contributed by atoms with Gasteiger partial charge in [-0.25, -0.2) is 19.6 Å². The van der Waals surface area contributed by atoms with E-state index in [1.807, 2.05) is 48.8 Å². The van der Waals surface area contributed by atoms with Crippen molar-refractivity contribution < 1.29 is 19.1 Å². The highest BCUT2D eigenvalue weighted by atomic mass is 16.5. The average Bonchev–Trinajstić information content (AvgIpc) is 3.19. The molecule has 14 nitrogen and oxygen atoms in total. The van der Waals surface area contributed by atoms with Crippen molar-refractivity contribution in [2.45, 2.75) is 26.9 Å². The molecule has 4 heterocycles. The summed E-state index contributed by atoms with van der Waals surface area (Å²) in [6.45, 7) is 7.55. The summed E-state index contributed by atoms with van der Waals surface area (Å²) in [5, 5.41) is 21.0. The molecule has 6 rings (SSSR count). The lowest BCUT2D eigenvalue weighted by molar-refractivity contribution is 0.170. The second kappa shape index (κ2) is 17.9. The Balaban J connectivity index is 1.15. The number of ether oxygens (including phenoxy) is 2. The summed E-state index contributed by atoms with van der Waals surface area (Å²) in [6, 6.07) is 20.5. The van der Waals surface area contributed by atoms with E-state index in [1.54, 1.807) is 12.4 Å². The van der Waals surface area contributed by atoms with E-state index >= 15 is 0 Å². The molecule has 2 aromatic carbocycles. The second-order valence-corrected chi connectivity index (χ2v) is 12.5. The molecule has 0 aliphatic rings. The molecule has 278 valence electrons. The maximum Gasteiger partial charge on any atom is 0.406 e. The van der Waals surface area contributed by atoms with Crippen molar-refractivity contribution in [3.8, 4) is 11.1 Å². The van der Waals surface area contributed by atoms with Gasteiger partial charge in [0.25, 0.3) is 0 Å². The number of pyridine rings is 4. The van der Waals surface area contributed by atoms with Crippen LogP contribution in [-0.2, 0) is 22.6 Å². The minimum Gasteiger partial charge on any atom is -0.453 e. The molecule has 0 saturated carbocycles. The number of amides is 2. The number of fused-ring (bicyclic) bond motifs is 2. The van der Waals surface area contributed by atoms with Gasteiger partial charge in [-0.3, -0.25) is 9.97 Å². The monoisotopic (exact) mass is 728 g/mol. The molecule has 4 aromatic heterocycles. The van der Waals surface area contributed by atoms with E-state index in [9.17, 15) is 9.59 Å². The number of carbonyl (C=O) groups excluding carboxylic acids is 2. The van der Waals surface area contributed by atoms with Crippen LogP contribution in [0.3, 0.4) is 0 Å². The summed E-state index contributed by atoms with van der Waals surface area (Å²) in [4.78, 5) is 41.3. The van der Waals surface area contributed by atoms with Gasteiger partial charge in [0.15, 0.2) is 11.6 Å². The third-order valence-corrected chi connectivity index (χ3v) is 8.95. The lowest BCUT2D eigenvalue weighted by Crippen LogP contribution is -2.31. The fourth-order valence-electron chi connectivity index (χ4n) is 6.08. The lowest BCUT2D eigenvalue weighted by atomic mass is 9.94. The predicted octanol–water partition coefficient (Wildman–Crippen LogP) is 6.24. The van der Waals surface area contributed by atoms with E-state index in [1.165, 1.54) is 14.2 Å². The number of nitrogens with one attached hydrogen (secondary N) is 6. The lowest BCUT2D eigenvalue weighted by Gasteiger charge is -2.18. The van der Waals surface area contributed by atoms with Crippen LogP contribution >= 0.6 is 0 Å². The molecule has 0 bridgehead atoms. The van der Waals surface area contributed by atoms with Crippen molar-refractivity contribution in [1.29, 1.82) is 0 Å². The Morgan fingerprint density at radius 2 is 1.04 bits per heavy atom. The van der Waals surface area contributed by atoms with E-state index in [0.29, 0.717) is 50.9 Å². The number of methoxy groups -OCH3 is 2. The second-order valence-electron chi connectivity index (χ2n) is 12.5. The van der Waals surface area contributed by atoms with Gasteiger partial charge in [-0.1, -0.05) is 24.3 Å². The maximum absolute atomic E-state index is 11.2. The van der Waals surface area contributed by atoms with Crippen molar-refractivity contribution >= 4 is 57.0 Å². The molecule has 14 heteroatoms. The number of rotatable bonds is 15. The fraction of sp³-hybridized carbons (Fsp3) is 0.250. The summed E-state index contributed by atoms with van der Waals surface area (Å²) >= 11 is 0. The Kier molecular flexibility index (Phi) is 12.4. The van der Waals surface area contributed by atoms with Gasteiger partial charge in [0.1, 0.15) is 11.0 Å². The van der Waals surface area contributed by atoms with Crippen LogP contribution in [0.15, 0.2) is 85.5 Å². The SMILES string of the molecule is COC(=O)NCCNCc1cnc2c(Nc3cccc(-c4cccc(Nc5nccc6cc(CNCCNC(=O)OC)cnc56)c4C)c3C)nccc2c1. The van der Waals surface area contributed by atoms with E-state index < -0.39 is 12.2 Å². The van der Waals surface area contributed by atoms with Gasteiger partial charge in [-0.15, -0.1) is 0 Å². The standard InChI is InChI=1S/C40H44N10O4/c1-25-31(7-5-9-33(25)49-37-35-29(11-13-43-37)19-27(23-47-35)21-41-15-17-45-39(51)53-3)32-8-6-10-34(26(32)2)50-38-36-30(12-14-44-38)20-28(24-48-36)22-42-16-18-46-40(52)54-4/h5-14,19-20,23-24,41-42H,15-18,21-22H2,1-4H3,(H,43,49)(H,44,50)(H,45,51)(H,46,52). The molecule has 0 fully saturated rings. The molecule has 6 aromatic rings. The van der Waals surface area contributed by atoms with Gasteiger partial charge in [-0.05, 0) is 83.6 Å². The highest BCUT2D eigenvalue weighted by Crippen LogP contribution is 2.36. The van der Waals surface area contributed by atoms with Gasteiger partial charge >= 0.3 is 12.2 Å². The van der Waals surface area contributed by atoms with E-state index in [0.717, 1.165) is 66.6 Å². The van der Waals surface area contributed by atoms with Crippen molar-refractivity contribution in [2.75, 3.05) is 51.0 Å². The summed E-state index contributed by atoms with van der Waals surface area (Å²) in [6.07, 6.45) is 6.35. The molecule has 0 radical (unpaired) electrons. The number of carbonyl (C=O) groups is 2. The van der Waals surface area contributed by atoms with Crippen LogP contribution in [0.25, 0.3) is 32.9 Å². The van der Waals surface area contributed by atoms with Crippen LogP contribution in [0.1, 0.15) is 22.3 Å². The van der Waals surface area contributed by atoms with Crippen LogP contribution < -0.4 is 31.9 Å². The van der Waals surface area contributed by atoms with Gasteiger partial charge in [0.05, 0.1) is 14.2 Å². The molecule has 6 N–H and O–H groups in total. The summed E-state index contributed by atoms with van der Waals surface area (Å²) in [5.74, 6) is 1.34. The molecule has 0 atom stereocenters. The van der Waals surface area contributed by atoms with Crippen LogP contribution in [-0.4, -0.2) is 72.5 Å². The Bertz CT molecular complexity index is 2110. The number of anilines is 4. The number of benzene rings is 2. The third kappa shape index (κ3) is 9.15.